The normalized spacial score (nSPS) is 15.2. The highest BCUT2D eigenvalue weighted by molar-refractivity contribution is 5.64. The first-order valence-corrected chi connectivity index (χ1v) is 4.84. The predicted molar refractivity (Wildman–Crippen MR) is 54.1 cm³/mol. The zero-order chi connectivity index (χ0) is 11.1. The van der Waals surface area contributed by atoms with Crippen molar-refractivity contribution in [3.05, 3.63) is 0 Å². The van der Waals surface area contributed by atoms with E-state index in [-0.39, 0.29) is 12.6 Å². The Morgan fingerprint density at radius 3 is 2.43 bits per heavy atom. The van der Waals surface area contributed by atoms with Gasteiger partial charge < -0.3 is 21.3 Å². The molecule has 1 amide bonds. The van der Waals surface area contributed by atoms with Gasteiger partial charge in [0.05, 0.1) is 6.10 Å². The lowest BCUT2D eigenvalue weighted by Gasteiger charge is -2.19. The Morgan fingerprint density at radius 1 is 1.43 bits per heavy atom. The number of nitrogens with two attached hydrogens (primary N) is 1. The summed E-state index contributed by atoms with van der Waals surface area (Å²) in [4.78, 5) is 10.1. The van der Waals surface area contributed by atoms with E-state index in [1.54, 1.807) is 0 Å². The fourth-order valence-electron chi connectivity index (χ4n) is 1.06. The van der Waals surface area contributed by atoms with Crippen LogP contribution in [0.4, 0.5) is 4.79 Å². The molecule has 14 heavy (non-hydrogen) atoms. The minimum atomic E-state index is -1.14. The molecular weight excluding hydrogens is 184 g/mol. The van der Waals surface area contributed by atoms with E-state index in [1.165, 1.54) is 0 Å². The zero-order valence-electron chi connectivity index (χ0n) is 8.73. The minimum Gasteiger partial charge on any atom is -0.465 e. The van der Waals surface area contributed by atoms with Gasteiger partial charge in [0.1, 0.15) is 0 Å². The highest BCUT2D eigenvalue weighted by Crippen LogP contribution is 2.07. The molecule has 0 aromatic carbocycles. The fourth-order valence-corrected chi connectivity index (χ4v) is 1.06. The minimum absolute atomic E-state index is 0.00536. The van der Waals surface area contributed by atoms with Crippen LogP contribution in [0.3, 0.4) is 0 Å². The second-order valence-corrected chi connectivity index (χ2v) is 3.89. The number of aliphatic hydroxyl groups excluding tert-OH is 1. The van der Waals surface area contributed by atoms with E-state index in [9.17, 15) is 9.90 Å². The smallest absolute Gasteiger partial charge is 0.404 e. The highest BCUT2D eigenvalue weighted by Gasteiger charge is 2.15. The summed E-state index contributed by atoms with van der Waals surface area (Å²) in [6.45, 7) is 4.15. The van der Waals surface area contributed by atoms with Gasteiger partial charge in [-0.15, -0.1) is 0 Å². The Hall–Kier alpha value is -0.810. The molecular formula is C9H20N2O3. The largest absolute Gasteiger partial charge is 0.465 e. The molecule has 0 aromatic heterocycles. The molecule has 84 valence electrons. The lowest BCUT2D eigenvalue weighted by atomic mass is 10.0. The number of rotatable bonds is 6. The van der Waals surface area contributed by atoms with Gasteiger partial charge in [-0.3, -0.25) is 0 Å². The zero-order valence-corrected chi connectivity index (χ0v) is 8.73. The van der Waals surface area contributed by atoms with Crippen molar-refractivity contribution in [1.82, 2.24) is 5.32 Å². The van der Waals surface area contributed by atoms with Gasteiger partial charge in [0, 0.05) is 12.6 Å². The van der Waals surface area contributed by atoms with Crippen LogP contribution in [-0.2, 0) is 0 Å². The molecule has 5 N–H and O–H groups in total. The molecule has 0 spiro atoms. The predicted octanol–water partition coefficient (Wildman–Crippen LogP) is 0.378. The van der Waals surface area contributed by atoms with E-state index in [1.807, 2.05) is 0 Å². The standard InChI is InChI=1S/C9H20N2O3/c1-6(2)3-4-7(10)8(12)5-11-9(13)14/h6-8,11-12H,3-5,10H2,1-2H3,(H,13,14). The molecule has 2 atom stereocenters. The number of carboxylic acid groups (broad SMARTS) is 1. The molecule has 0 saturated heterocycles. The molecule has 5 nitrogen and oxygen atoms in total. The number of amides is 1. The summed E-state index contributed by atoms with van der Waals surface area (Å²) in [6, 6.07) is -0.357. The Kier molecular flexibility index (Phi) is 6.23. The molecule has 0 aliphatic rings. The molecule has 0 aliphatic carbocycles. The summed E-state index contributed by atoms with van der Waals surface area (Å²) in [7, 11) is 0. The topological polar surface area (TPSA) is 95.6 Å². The van der Waals surface area contributed by atoms with Gasteiger partial charge in [-0.2, -0.15) is 0 Å². The van der Waals surface area contributed by atoms with E-state index in [0.717, 1.165) is 6.42 Å². The molecule has 0 fully saturated rings. The van der Waals surface area contributed by atoms with E-state index in [4.69, 9.17) is 10.8 Å². The van der Waals surface area contributed by atoms with Crippen LogP contribution in [0.25, 0.3) is 0 Å². The average Bonchev–Trinajstić information content (AvgIpc) is 2.09. The summed E-state index contributed by atoms with van der Waals surface area (Å²) in [5.74, 6) is 0.542. The van der Waals surface area contributed by atoms with Crippen molar-refractivity contribution in [2.45, 2.75) is 38.8 Å². The maximum atomic E-state index is 10.1. The first kappa shape index (κ1) is 13.2. The molecule has 0 heterocycles. The van der Waals surface area contributed by atoms with Crippen LogP contribution in [0.1, 0.15) is 26.7 Å². The van der Waals surface area contributed by atoms with Crippen molar-refractivity contribution < 1.29 is 15.0 Å². The van der Waals surface area contributed by atoms with Gasteiger partial charge in [-0.25, -0.2) is 4.79 Å². The van der Waals surface area contributed by atoms with Gasteiger partial charge >= 0.3 is 6.09 Å². The second kappa shape index (κ2) is 6.62. The summed E-state index contributed by atoms with van der Waals surface area (Å²) < 4.78 is 0. The van der Waals surface area contributed by atoms with Crippen LogP contribution in [0.15, 0.2) is 0 Å². The second-order valence-electron chi connectivity index (χ2n) is 3.89. The Balaban J connectivity index is 3.64. The fraction of sp³-hybridized carbons (Fsp3) is 0.889. The van der Waals surface area contributed by atoms with Crippen LogP contribution >= 0.6 is 0 Å². The molecule has 0 bridgehead atoms. The SMILES string of the molecule is CC(C)CCC(N)C(O)CNC(=O)O. The quantitative estimate of drug-likeness (QED) is 0.503. The van der Waals surface area contributed by atoms with Crippen molar-refractivity contribution in [2.75, 3.05) is 6.54 Å². The number of hydrogen-bond donors (Lipinski definition) is 4. The Morgan fingerprint density at radius 2 is 2.00 bits per heavy atom. The molecule has 0 aliphatic heterocycles. The maximum Gasteiger partial charge on any atom is 0.404 e. The van der Waals surface area contributed by atoms with Gasteiger partial charge in [-0.1, -0.05) is 13.8 Å². The first-order chi connectivity index (χ1) is 6.43. The van der Waals surface area contributed by atoms with Crippen molar-refractivity contribution in [2.24, 2.45) is 11.7 Å². The van der Waals surface area contributed by atoms with Gasteiger partial charge in [-0.05, 0) is 18.8 Å². The number of hydrogen-bond acceptors (Lipinski definition) is 3. The third-order valence-corrected chi connectivity index (χ3v) is 2.03. The van der Waals surface area contributed by atoms with Crippen molar-refractivity contribution in [3.8, 4) is 0 Å². The number of carbonyl (C=O) groups is 1. The van der Waals surface area contributed by atoms with Crippen LogP contribution in [0, 0.1) is 5.92 Å². The van der Waals surface area contributed by atoms with Crippen LogP contribution in [0.2, 0.25) is 0 Å². The van der Waals surface area contributed by atoms with Gasteiger partial charge in [0.2, 0.25) is 0 Å². The molecule has 0 saturated carbocycles. The summed E-state index contributed by atoms with van der Waals surface area (Å²) in [5, 5.41) is 19.8. The lowest BCUT2D eigenvalue weighted by Crippen LogP contribution is -2.43. The van der Waals surface area contributed by atoms with Crippen LogP contribution in [0.5, 0.6) is 0 Å². The van der Waals surface area contributed by atoms with E-state index < -0.39 is 12.2 Å². The van der Waals surface area contributed by atoms with E-state index in [2.05, 4.69) is 19.2 Å². The van der Waals surface area contributed by atoms with Gasteiger partial charge in [0.25, 0.3) is 0 Å². The Labute approximate surface area is 84.3 Å². The molecule has 0 radical (unpaired) electrons. The highest BCUT2D eigenvalue weighted by atomic mass is 16.4. The summed E-state index contributed by atoms with van der Waals surface area (Å²) >= 11 is 0. The lowest BCUT2D eigenvalue weighted by molar-refractivity contribution is 0.130. The molecule has 5 heteroatoms. The third-order valence-electron chi connectivity index (χ3n) is 2.03. The van der Waals surface area contributed by atoms with Crippen molar-refractivity contribution >= 4 is 6.09 Å². The van der Waals surface area contributed by atoms with Crippen molar-refractivity contribution in [3.63, 3.8) is 0 Å². The number of aliphatic hydroxyl groups is 1. The molecule has 2 unspecified atom stereocenters. The number of nitrogens with one attached hydrogen (secondary N) is 1. The monoisotopic (exact) mass is 204 g/mol. The first-order valence-electron chi connectivity index (χ1n) is 4.84. The van der Waals surface area contributed by atoms with Crippen LogP contribution in [-0.4, -0.2) is 35.0 Å². The third kappa shape index (κ3) is 6.68. The maximum absolute atomic E-state index is 10.1. The van der Waals surface area contributed by atoms with E-state index >= 15 is 0 Å². The van der Waals surface area contributed by atoms with Crippen LogP contribution < -0.4 is 11.1 Å². The van der Waals surface area contributed by atoms with Gasteiger partial charge in [0.15, 0.2) is 0 Å². The summed E-state index contributed by atoms with van der Waals surface area (Å²) in [6.07, 6.45) is -0.296. The van der Waals surface area contributed by atoms with E-state index in [0.29, 0.717) is 12.3 Å². The van der Waals surface area contributed by atoms with Crippen molar-refractivity contribution in [1.29, 1.82) is 0 Å². The molecule has 0 rings (SSSR count). The average molecular weight is 204 g/mol. The Bertz CT molecular complexity index is 173. The summed E-state index contributed by atoms with van der Waals surface area (Å²) in [5.41, 5.74) is 5.67. The molecule has 0 aromatic rings.